The zero-order valence-electron chi connectivity index (χ0n) is 46.6. The van der Waals surface area contributed by atoms with E-state index in [1.165, 1.54) is 61.2 Å². The fourth-order valence-electron chi connectivity index (χ4n) is 9.11. The van der Waals surface area contributed by atoms with Crippen LogP contribution in [0.15, 0.2) is 108 Å². The predicted octanol–water partition coefficient (Wildman–Crippen LogP) is 15.9. The van der Waals surface area contributed by atoms with Crippen LogP contribution in [0.5, 0.6) is 11.5 Å². The molecule has 8 heteroatoms. The fourth-order valence-corrected chi connectivity index (χ4v) is 9.11. The summed E-state index contributed by atoms with van der Waals surface area (Å²) in [5.41, 5.74) is 15.2. The number of nitrogens with zero attached hydrogens (tertiary/aromatic N) is 2. The van der Waals surface area contributed by atoms with Crippen molar-refractivity contribution in [3.8, 4) is 11.5 Å². The topological polar surface area (TPSA) is 96.2 Å². The lowest BCUT2D eigenvalue weighted by Gasteiger charge is -2.33. The van der Waals surface area contributed by atoms with Crippen molar-refractivity contribution in [3.05, 3.63) is 159 Å². The molecule has 4 aliphatic rings. The summed E-state index contributed by atoms with van der Waals surface area (Å²) in [6, 6.07) is 34.1. The molecule has 0 radical (unpaired) electrons. The van der Waals surface area contributed by atoms with Crippen molar-refractivity contribution < 1.29 is 28.6 Å². The lowest BCUT2D eigenvalue weighted by Crippen LogP contribution is -2.32. The molecule has 0 spiro atoms. The molecule has 3 aliphatic heterocycles. The van der Waals surface area contributed by atoms with Crippen molar-refractivity contribution in [1.82, 2.24) is 4.57 Å². The van der Waals surface area contributed by atoms with Gasteiger partial charge in [-0.2, -0.15) is 0 Å². The normalized spacial score (nSPS) is 14.8. The van der Waals surface area contributed by atoms with Crippen LogP contribution in [0.1, 0.15) is 194 Å². The summed E-state index contributed by atoms with van der Waals surface area (Å²) < 4.78 is 19.0. The van der Waals surface area contributed by atoms with Gasteiger partial charge in [0.25, 0.3) is 0 Å². The highest BCUT2D eigenvalue weighted by molar-refractivity contribution is 6.47. The summed E-state index contributed by atoms with van der Waals surface area (Å²) in [6.45, 7) is 33.1. The summed E-state index contributed by atoms with van der Waals surface area (Å²) in [5, 5.41) is 1.23. The molecule has 0 N–H and O–H groups in total. The van der Waals surface area contributed by atoms with E-state index in [0.717, 1.165) is 54.9 Å². The Hall–Kier alpha value is -6.28. The highest BCUT2D eigenvalue weighted by Crippen LogP contribution is 2.35. The van der Waals surface area contributed by atoms with Gasteiger partial charge in [-0.1, -0.05) is 110 Å². The van der Waals surface area contributed by atoms with E-state index in [4.69, 9.17) is 14.2 Å². The maximum atomic E-state index is 11.8. The Morgan fingerprint density at radius 1 is 0.671 bits per heavy atom. The van der Waals surface area contributed by atoms with Crippen molar-refractivity contribution >= 4 is 39.8 Å². The number of hydrogen-bond acceptors (Lipinski definition) is 7. The molecular formula is C65H82N2O6. The largest absolute Gasteiger partial charge is 0.493 e. The van der Waals surface area contributed by atoms with Gasteiger partial charge < -0.3 is 18.8 Å². The smallest absolute Gasteiger partial charge is 0.308 e. The Morgan fingerprint density at radius 3 is 1.86 bits per heavy atom. The SMILES string of the molecule is CC(C)c1ccc2c(c1)C(=O)C(=O)C2.CC(C)c1ccc2c(c1)OC(C)(C)CC2.CC(C)c1ccc2c(c1)OCC2.CC(C)c1ccc2c(ccn2CCC(=O)OC(C)(C)C)c1.CC1=Nc2cc(C)ccc2C1. The average molecular weight is 987 g/mol. The van der Waals surface area contributed by atoms with E-state index in [0.29, 0.717) is 42.2 Å². The minimum Gasteiger partial charge on any atom is -0.493 e. The molecule has 0 unspecified atom stereocenters. The van der Waals surface area contributed by atoms with Crippen LogP contribution in [0.2, 0.25) is 0 Å². The Bertz CT molecular complexity index is 2940. The molecule has 1 aliphatic carbocycles. The van der Waals surface area contributed by atoms with Crippen LogP contribution < -0.4 is 9.47 Å². The van der Waals surface area contributed by atoms with Crippen molar-refractivity contribution in [2.75, 3.05) is 6.61 Å². The van der Waals surface area contributed by atoms with E-state index in [2.05, 4.69) is 172 Å². The van der Waals surface area contributed by atoms with Crippen LogP contribution in [0.4, 0.5) is 5.69 Å². The number of fused-ring (bicyclic) bond motifs is 5. The minimum absolute atomic E-state index is 0.00258. The maximum Gasteiger partial charge on any atom is 0.308 e. The number of esters is 1. The standard InChI is InChI=1S/C18H25NO2.C14H20O.C12H12O2.C11H14O.C10H11N/c1-13(2)14-6-7-16-15(12-14)8-10-19(16)11-9-17(20)21-18(3,4)5;1-10(2)12-6-5-11-7-8-14(3,4)15-13(11)9-12;1-7(2)8-3-4-9-6-11(13)12(14)10(9)5-8;1-8(2)10-4-3-9-5-6-12-11(9)7-10;1-7-3-4-9-6-8(2)11-10(9)5-7/h6-8,10,12-13H,9,11H2,1-5H3;5-6,9-10H,7-8H2,1-4H3;3-5,7H,6H2,1-2H3;3-4,7-8H,5-6H2,1-2H3;3-5H,6H2,1-2H3. The Balaban J connectivity index is 0.000000152. The van der Waals surface area contributed by atoms with Crippen LogP contribution >= 0.6 is 0 Å². The highest BCUT2D eigenvalue weighted by atomic mass is 16.6. The Labute approximate surface area is 437 Å². The summed E-state index contributed by atoms with van der Waals surface area (Å²) in [6.07, 6.45) is 7.09. The van der Waals surface area contributed by atoms with Crippen LogP contribution in [0.3, 0.4) is 0 Å². The van der Waals surface area contributed by atoms with E-state index in [-0.39, 0.29) is 29.6 Å². The van der Waals surface area contributed by atoms with Gasteiger partial charge in [-0.25, -0.2) is 0 Å². The number of carbonyl (C=O) groups is 3. The van der Waals surface area contributed by atoms with Gasteiger partial charge in [-0.05, 0) is 183 Å². The Kier molecular flexibility index (Phi) is 18.5. The van der Waals surface area contributed by atoms with Crippen LogP contribution in [-0.4, -0.2) is 45.6 Å². The monoisotopic (exact) mass is 987 g/mol. The maximum absolute atomic E-state index is 11.8. The van der Waals surface area contributed by atoms with Gasteiger partial charge in [0.1, 0.15) is 22.7 Å². The first-order valence-corrected chi connectivity index (χ1v) is 26.6. The summed E-state index contributed by atoms with van der Waals surface area (Å²) in [7, 11) is 0. The number of benzene rings is 5. The fraction of sp³-hybridized carbons (Fsp3) is 0.446. The summed E-state index contributed by atoms with van der Waals surface area (Å²) in [5.74, 6) is 3.54. The van der Waals surface area contributed by atoms with Gasteiger partial charge in [0, 0.05) is 48.8 Å². The molecule has 0 saturated heterocycles. The average Bonchev–Trinajstić information content (AvgIpc) is 4.12. The third-order valence-corrected chi connectivity index (χ3v) is 13.6. The van der Waals surface area contributed by atoms with Gasteiger partial charge >= 0.3 is 5.97 Å². The molecule has 388 valence electrons. The second-order valence-corrected chi connectivity index (χ2v) is 23.0. The van der Waals surface area contributed by atoms with E-state index >= 15 is 0 Å². The molecule has 0 saturated carbocycles. The van der Waals surface area contributed by atoms with Gasteiger partial charge in [-0.15, -0.1) is 0 Å². The molecule has 8 nitrogen and oxygen atoms in total. The number of aliphatic imine (C=N–C) groups is 1. The van der Waals surface area contributed by atoms with Crippen molar-refractivity contribution in [2.45, 2.75) is 184 Å². The first-order chi connectivity index (χ1) is 34.4. The molecule has 0 bridgehead atoms. The van der Waals surface area contributed by atoms with Gasteiger partial charge in [0.05, 0.1) is 18.7 Å². The lowest BCUT2D eigenvalue weighted by atomic mass is 9.92. The van der Waals surface area contributed by atoms with Crippen LogP contribution in [-0.2, 0) is 46.6 Å². The molecule has 1 aromatic heterocycles. The van der Waals surface area contributed by atoms with Crippen LogP contribution in [0, 0.1) is 6.92 Å². The number of aromatic nitrogens is 1. The highest BCUT2D eigenvalue weighted by Gasteiger charge is 2.29. The summed E-state index contributed by atoms with van der Waals surface area (Å²) in [4.78, 5) is 38.8. The second kappa shape index (κ2) is 24.2. The number of Topliss-reactive ketones (excluding diaryl/α,β-unsaturated/α-hetero) is 2. The van der Waals surface area contributed by atoms with Gasteiger partial charge in [0.15, 0.2) is 0 Å². The molecule has 0 fully saturated rings. The number of hydrogen-bond donors (Lipinski definition) is 0. The number of aryl methyl sites for hydroxylation is 3. The zero-order valence-corrected chi connectivity index (χ0v) is 46.6. The molecule has 0 atom stereocenters. The molecule has 5 aromatic carbocycles. The number of carbonyl (C=O) groups excluding carboxylic acids is 3. The Morgan fingerprint density at radius 2 is 1.23 bits per heavy atom. The predicted molar refractivity (Wildman–Crippen MR) is 301 cm³/mol. The first kappa shape index (κ1) is 56.0. The van der Waals surface area contributed by atoms with Gasteiger partial charge in [-0.3, -0.25) is 19.4 Å². The molecular weight excluding hydrogens is 905 g/mol. The second-order valence-electron chi connectivity index (χ2n) is 23.0. The van der Waals surface area contributed by atoms with E-state index in [9.17, 15) is 14.4 Å². The van der Waals surface area contributed by atoms with E-state index < -0.39 is 5.60 Å². The van der Waals surface area contributed by atoms with Crippen molar-refractivity contribution in [1.29, 1.82) is 0 Å². The molecule has 0 amide bonds. The molecule has 73 heavy (non-hydrogen) atoms. The van der Waals surface area contributed by atoms with E-state index in [1.807, 2.05) is 45.2 Å². The molecule has 4 heterocycles. The summed E-state index contributed by atoms with van der Waals surface area (Å²) >= 11 is 0. The number of ether oxygens (including phenoxy) is 3. The third-order valence-electron chi connectivity index (χ3n) is 13.6. The van der Waals surface area contributed by atoms with Crippen molar-refractivity contribution in [2.24, 2.45) is 4.99 Å². The van der Waals surface area contributed by atoms with Crippen LogP contribution in [0.25, 0.3) is 10.9 Å². The molecule has 6 aromatic rings. The molecule has 10 rings (SSSR count). The lowest BCUT2D eigenvalue weighted by molar-refractivity contribution is -0.155. The number of rotatable bonds is 7. The quantitative estimate of drug-likeness (QED) is 0.117. The first-order valence-electron chi connectivity index (χ1n) is 26.6. The number of ketones is 2. The van der Waals surface area contributed by atoms with E-state index in [1.54, 1.807) is 0 Å². The third kappa shape index (κ3) is 15.6. The minimum atomic E-state index is -0.415. The van der Waals surface area contributed by atoms with Crippen molar-refractivity contribution in [3.63, 3.8) is 0 Å². The zero-order chi connectivity index (χ0) is 53.4. The van der Waals surface area contributed by atoms with Gasteiger partial charge in [0.2, 0.25) is 11.6 Å².